The van der Waals surface area contributed by atoms with E-state index in [2.05, 4.69) is 0 Å². The second kappa shape index (κ2) is 8.15. The molecule has 1 aliphatic rings. The van der Waals surface area contributed by atoms with Crippen LogP contribution in [-0.2, 0) is 25.6 Å². The van der Waals surface area contributed by atoms with Crippen molar-refractivity contribution in [2.45, 2.75) is 38.1 Å². The molecular formula is C16H22O4. The molecule has 2 rings (SSSR count). The highest BCUT2D eigenvalue weighted by molar-refractivity contribution is 5.53. The maximum atomic E-state index is 10.8. The summed E-state index contributed by atoms with van der Waals surface area (Å²) in [6, 6.07) is 10.00. The number of aldehydes is 1. The van der Waals surface area contributed by atoms with Crippen molar-refractivity contribution in [3.05, 3.63) is 35.9 Å². The van der Waals surface area contributed by atoms with Crippen LogP contribution in [0.15, 0.2) is 30.3 Å². The van der Waals surface area contributed by atoms with Gasteiger partial charge >= 0.3 is 0 Å². The van der Waals surface area contributed by atoms with E-state index in [9.17, 15) is 4.79 Å². The molecule has 0 amide bonds. The molecule has 1 aliphatic carbocycles. The van der Waals surface area contributed by atoms with Gasteiger partial charge in [0.25, 0.3) is 0 Å². The molecule has 1 fully saturated rings. The predicted molar refractivity (Wildman–Crippen MR) is 75.2 cm³/mol. The minimum Gasteiger partial charge on any atom is -0.379 e. The molecule has 1 aromatic rings. The second-order valence-electron chi connectivity index (χ2n) is 5.14. The lowest BCUT2D eigenvalue weighted by atomic mass is 9.86. The van der Waals surface area contributed by atoms with Crippen molar-refractivity contribution in [1.29, 1.82) is 0 Å². The standard InChI is InChI=1S/C16H22O4/c1-18-16-9-14(10-17)7-8-15(16)20-12-19-11-13-5-3-2-4-6-13/h2-6,10,14-16H,7-9,11-12H2,1H3/t14-,15-,16-/m1/s1. The molecule has 0 radical (unpaired) electrons. The molecule has 4 nitrogen and oxygen atoms in total. The molecule has 0 aliphatic heterocycles. The number of carbonyl (C=O) groups is 1. The number of methoxy groups -OCH3 is 1. The third kappa shape index (κ3) is 4.40. The van der Waals surface area contributed by atoms with Crippen LogP contribution in [0.25, 0.3) is 0 Å². The van der Waals surface area contributed by atoms with Gasteiger partial charge in [0.15, 0.2) is 0 Å². The highest BCUT2D eigenvalue weighted by Crippen LogP contribution is 2.27. The molecule has 0 unspecified atom stereocenters. The highest BCUT2D eigenvalue weighted by atomic mass is 16.7. The molecule has 3 atom stereocenters. The smallest absolute Gasteiger partial charge is 0.147 e. The monoisotopic (exact) mass is 278 g/mol. The molecule has 0 aromatic heterocycles. The van der Waals surface area contributed by atoms with E-state index in [1.165, 1.54) is 0 Å². The summed E-state index contributed by atoms with van der Waals surface area (Å²) in [6.07, 6.45) is 3.48. The third-order valence-corrected chi connectivity index (χ3v) is 3.74. The fourth-order valence-electron chi connectivity index (χ4n) is 2.56. The Morgan fingerprint density at radius 3 is 2.70 bits per heavy atom. The van der Waals surface area contributed by atoms with Crippen LogP contribution in [0.3, 0.4) is 0 Å². The SMILES string of the molecule is CO[C@@H]1C[C@H](C=O)CC[C@H]1OCOCc1ccccc1. The molecule has 0 bridgehead atoms. The number of hydrogen-bond donors (Lipinski definition) is 0. The van der Waals surface area contributed by atoms with E-state index in [0.29, 0.717) is 6.61 Å². The largest absolute Gasteiger partial charge is 0.379 e. The van der Waals surface area contributed by atoms with Crippen molar-refractivity contribution in [2.75, 3.05) is 13.9 Å². The fourth-order valence-corrected chi connectivity index (χ4v) is 2.56. The van der Waals surface area contributed by atoms with E-state index < -0.39 is 0 Å². The number of carbonyl (C=O) groups excluding carboxylic acids is 1. The quantitative estimate of drug-likeness (QED) is 0.437. The van der Waals surface area contributed by atoms with Gasteiger partial charge in [-0.15, -0.1) is 0 Å². The number of benzene rings is 1. The Morgan fingerprint density at radius 1 is 1.20 bits per heavy atom. The maximum absolute atomic E-state index is 10.8. The van der Waals surface area contributed by atoms with Crippen LogP contribution >= 0.6 is 0 Å². The Morgan fingerprint density at radius 2 is 2.00 bits per heavy atom. The van der Waals surface area contributed by atoms with E-state index in [4.69, 9.17) is 14.2 Å². The van der Waals surface area contributed by atoms with Crippen molar-refractivity contribution in [3.63, 3.8) is 0 Å². The van der Waals surface area contributed by atoms with Gasteiger partial charge < -0.3 is 19.0 Å². The van der Waals surface area contributed by atoms with Gasteiger partial charge in [-0.1, -0.05) is 30.3 Å². The van der Waals surface area contributed by atoms with E-state index in [0.717, 1.165) is 31.1 Å². The zero-order chi connectivity index (χ0) is 14.2. The van der Waals surface area contributed by atoms with E-state index in [-0.39, 0.29) is 24.9 Å². The highest BCUT2D eigenvalue weighted by Gasteiger charge is 2.31. The Bertz CT molecular complexity index is 393. The molecule has 4 heteroatoms. The average molecular weight is 278 g/mol. The van der Waals surface area contributed by atoms with Gasteiger partial charge in [-0.05, 0) is 24.8 Å². The van der Waals surface area contributed by atoms with Crippen molar-refractivity contribution in [1.82, 2.24) is 0 Å². The Balaban J connectivity index is 1.69. The molecule has 0 spiro atoms. The summed E-state index contributed by atoms with van der Waals surface area (Å²) in [4.78, 5) is 10.8. The summed E-state index contributed by atoms with van der Waals surface area (Å²) >= 11 is 0. The summed E-state index contributed by atoms with van der Waals surface area (Å²) in [7, 11) is 1.67. The van der Waals surface area contributed by atoms with Crippen LogP contribution in [0.4, 0.5) is 0 Å². The molecule has 20 heavy (non-hydrogen) atoms. The Labute approximate surface area is 120 Å². The first-order chi connectivity index (χ1) is 9.83. The first-order valence-corrected chi connectivity index (χ1v) is 7.05. The molecular weight excluding hydrogens is 256 g/mol. The molecule has 110 valence electrons. The summed E-state index contributed by atoms with van der Waals surface area (Å²) in [6.45, 7) is 0.799. The van der Waals surface area contributed by atoms with Crippen LogP contribution in [0.5, 0.6) is 0 Å². The van der Waals surface area contributed by atoms with E-state index in [1.54, 1.807) is 7.11 Å². The van der Waals surface area contributed by atoms with Gasteiger partial charge in [-0.25, -0.2) is 0 Å². The summed E-state index contributed by atoms with van der Waals surface area (Å²) in [5.74, 6) is 0.102. The van der Waals surface area contributed by atoms with Gasteiger partial charge in [-0.2, -0.15) is 0 Å². The van der Waals surface area contributed by atoms with Gasteiger partial charge in [-0.3, -0.25) is 0 Å². The molecule has 0 heterocycles. The van der Waals surface area contributed by atoms with Gasteiger partial charge in [0.2, 0.25) is 0 Å². The number of ether oxygens (including phenoxy) is 3. The minimum atomic E-state index is -0.0146. The van der Waals surface area contributed by atoms with Crippen molar-refractivity contribution >= 4 is 6.29 Å². The molecule has 1 aromatic carbocycles. The number of hydrogen-bond acceptors (Lipinski definition) is 4. The van der Waals surface area contributed by atoms with Gasteiger partial charge in [0.05, 0.1) is 18.8 Å². The lowest BCUT2D eigenvalue weighted by molar-refractivity contribution is -0.153. The van der Waals surface area contributed by atoms with Crippen molar-refractivity contribution in [2.24, 2.45) is 5.92 Å². The second-order valence-corrected chi connectivity index (χ2v) is 5.14. The van der Waals surface area contributed by atoms with Crippen LogP contribution in [0.2, 0.25) is 0 Å². The summed E-state index contributed by atoms with van der Waals surface area (Å²) in [5.41, 5.74) is 1.13. The molecule has 0 N–H and O–H groups in total. The lowest BCUT2D eigenvalue weighted by Crippen LogP contribution is -2.38. The Kier molecular flexibility index (Phi) is 6.18. The maximum Gasteiger partial charge on any atom is 0.147 e. The normalized spacial score (nSPS) is 26.4. The third-order valence-electron chi connectivity index (χ3n) is 3.74. The van der Waals surface area contributed by atoms with Crippen LogP contribution < -0.4 is 0 Å². The Hall–Kier alpha value is -1.23. The average Bonchev–Trinajstić information content (AvgIpc) is 2.52. The predicted octanol–water partition coefficient (Wildman–Crippen LogP) is 2.56. The van der Waals surface area contributed by atoms with E-state index in [1.807, 2.05) is 30.3 Å². The van der Waals surface area contributed by atoms with Crippen molar-refractivity contribution < 1.29 is 19.0 Å². The lowest BCUT2D eigenvalue weighted by Gasteiger charge is -2.32. The minimum absolute atomic E-state index is 0.0146. The van der Waals surface area contributed by atoms with Crippen LogP contribution in [-0.4, -0.2) is 32.4 Å². The van der Waals surface area contributed by atoms with E-state index >= 15 is 0 Å². The van der Waals surface area contributed by atoms with Crippen LogP contribution in [0, 0.1) is 5.92 Å². The molecule has 0 saturated heterocycles. The molecule has 1 saturated carbocycles. The zero-order valence-electron chi connectivity index (χ0n) is 11.9. The first-order valence-electron chi connectivity index (χ1n) is 7.05. The topological polar surface area (TPSA) is 44.8 Å². The van der Waals surface area contributed by atoms with Gasteiger partial charge in [0, 0.05) is 13.0 Å². The summed E-state index contributed by atoms with van der Waals surface area (Å²) in [5, 5.41) is 0. The van der Waals surface area contributed by atoms with Gasteiger partial charge in [0.1, 0.15) is 13.1 Å². The summed E-state index contributed by atoms with van der Waals surface area (Å²) < 4.78 is 16.7. The zero-order valence-corrected chi connectivity index (χ0v) is 11.9. The first kappa shape index (κ1) is 15.2. The van der Waals surface area contributed by atoms with Crippen molar-refractivity contribution in [3.8, 4) is 0 Å². The van der Waals surface area contributed by atoms with Crippen LogP contribution in [0.1, 0.15) is 24.8 Å². The number of rotatable bonds is 7. The fraction of sp³-hybridized carbons (Fsp3) is 0.562.